The smallest absolute Gasteiger partial charge is 0.335 e. The van der Waals surface area contributed by atoms with Gasteiger partial charge in [-0.2, -0.15) is 0 Å². The number of nitrogens with one attached hydrogen (secondary N) is 2. The summed E-state index contributed by atoms with van der Waals surface area (Å²) in [6.45, 7) is 2.74. The van der Waals surface area contributed by atoms with Crippen molar-refractivity contribution in [3.05, 3.63) is 54.1 Å². The van der Waals surface area contributed by atoms with Crippen LogP contribution in [0.3, 0.4) is 0 Å². The van der Waals surface area contributed by atoms with Gasteiger partial charge in [-0.3, -0.25) is 4.79 Å². The molecule has 0 aliphatic carbocycles. The number of ketones is 1. The van der Waals surface area contributed by atoms with Crippen molar-refractivity contribution in [2.45, 2.75) is 6.92 Å². The summed E-state index contributed by atoms with van der Waals surface area (Å²) in [5.74, 6) is -0.518. The van der Waals surface area contributed by atoms with Crippen molar-refractivity contribution < 1.29 is 19.4 Å². The van der Waals surface area contributed by atoms with Crippen LogP contribution < -0.4 is 15.4 Å². The van der Waals surface area contributed by atoms with Gasteiger partial charge < -0.3 is 20.5 Å². The number of carboxylic acid groups (broad SMARTS) is 1. The third kappa shape index (κ3) is 5.01. The quantitative estimate of drug-likeness (QED) is 0.656. The molecule has 3 N–H and O–H groups in total. The van der Waals surface area contributed by atoms with Crippen molar-refractivity contribution >= 4 is 23.1 Å². The molecule has 24 heavy (non-hydrogen) atoms. The molecular weight excluding hydrogens is 308 g/mol. The number of hydrogen-bond donors (Lipinski definition) is 3. The predicted octanol–water partition coefficient (Wildman–Crippen LogP) is 2.88. The third-order valence-corrected chi connectivity index (χ3v) is 3.24. The highest BCUT2D eigenvalue weighted by atomic mass is 16.5. The molecule has 0 amide bonds. The number of hydrogen-bond acceptors (Lipinski definition) is 5. The van der Waals surface area contributed by atoms with E-state index in [0.29, 0.717) is 11.4 Å². The molecule has 2 rings (SSSR count). The molecule has 6 heteroatoms. The zero-order valence-corrected chi connectivity index (χ0v) is 13.4. The van der Waals surface area contributed by atoms with Crippen LogP contribution in [0, 0.1) is 0 Å². The van der Waals surface area contributed by atoms with Gasteiger partial charge in [-0.15, -0.1) is 0 Å². The van der Waals surface area contributed by atoms with Crippen molar-refractivity contribution in [3.63, 3.8) is 0 Å². The minimum Gasteiger partial charge on any atom is -0.484 e. The van der Waals surface area contributed by atoms with Gasteiger partial charge in [0.15, 0.2) is 5.78 Å². The number of rotatable bonds is 9. The summed E-state index contributed by atoms with van der Waals surface area (Å²) in [7, 11) is 0. The summed E-state index contributed by atoms with van der Waals surface area (Å²) >= 11 is 0. The first kappa shape index (κ1) is 17.3. The molecule has 0 saturated carbocycles. The fraction of sp³-hybridized carbons (Fsp3) is 0.222. The fourth-order valence-corrected chi connectivity index (χ4v) is 2.10. The molecule has 0 aliphatic rings. The average Bonchev–Trinajstić information content (AvgIpc) is 2.59. The van der Waals surface area contributed by atoms with Gasteiger partial charge in [-0.05, 0) is 37.3 Å². The number of carbonyl (C=O) groups excluding carboxylic acids is 1. The van der Waals surface area contributed by atoms with Crippen molar-refractivity contribution in [1.29, 1.82) is 0 Å². The monoisotopic (exact) mass is 328 g/mol. The molecule has 0 radical (unpaired) electrons. The van der Waals surface area contributed by atoms with Gasteiger partial charge in [-0.25, -0.2) is 4.79 Å². The van der Waals surface area contributed by atoms with Gasteiger partial charge in [0, 0.05) is 12.2 Å². The predicted molar refractivity (Wildman–Crippen MR) is 93.0 cm³/mol. The Bertz CT molecular complexity index is 716. The van der Waals surface area contributed by atoms with Crippen LogP contribution in [0.25, 0.3) is 0 Å². The summed E-state index contributed by atoms with van der Waals surface area (Å²) in [4.78, 5) is 22.9. The van der Waals surface area contributed by atoms with Crippen LogP contribution in [-0.2, 0) is 4.79 Å². The molecular formula is C18H20N2O4. The van der Waals surface area contributed by atoms with Crippen molar-refractivity contribution in [2.24, 2.45) is 0 Å². The lowest BCUT2D eigenvalue weighted by molar-refractivity contribution is -0.119. The highest BCUT2D eigenvalue weighted by Crippen LogP contribution is 2.23. The van der Waals surface area contributed by atoms with E-state index in [-0.39, 0.29) is 24.5 Å². The van der Waals surface area contributed by atoms with E-state index in [1.54, 1.807) is 18.2 Å². The molecule has 2 aromatic rings. The van der Waals surface area contributed by atoms with E-state index >= 15 is 0 Å². The van der Waals surface area contributed by atoms with E-state index in [4.69, 9.17) is 9.84 Å². The normalized spacial score (nSPS) is 10.0. The molecule has 0 bridgehead atoms. The van der Waals surface area contributed by atoms with Gasteiger partial charge in [-0.1, -0.05) is 18.2 Å². The highest BCUT2D eigenvalue weighted by Gasteiger charge is 2.08. The van der Waals surface area contributed by atoms with Crippen LogP contribution in [0.15, 0.2) is 48.5 Å². The van der Waals surface area contributed by atoms with Crippen LogP contribution in [0.2, 0.25) is 0 Å². The SMILES string of the molecule is CCNc1ccccc1OCC(=O)CNc1cccc(C(=O)O)c1. The Kier molecular flexibility index (Phi) is 6.19. The average molecular weight is 328 g/mol. The van der Waals surface area contributed by atoms with Gasteiger partial charge in [0.05, 0.1) is 17.8 Å². The van der Waals surface area contributed by atoms with E-state index in [1.165, 1.54) is 12.1 Å². The Morgan fingerprint density at radius 1 is 1.08 bits per heavy atom. The maximum Gasteiger partial charge on any atom is 0.335 e. The number of Topliss-reactive ketones (excluding diaryl/α,β-unsaturated/α-hetero) is 1. The van der Waals surface area contributed by atoms with E-state index in [0.717, 1.165) is 12.2 Å². The van der Waals surface area contributed by atoms with Crippen molar-refractivity contribution in [1.82, 2.24) is 0 Å². The first-order chi connectivity index (χ1) is 11.6. The second kappa shape index (κ2) is 8.57. The topological polar surface area (TPSA) is 87.7 Å². The zero-order valence-electron chi connectivity index (χ0n) is 13.4. The highest BCUT2D eigenvalue weighted by molar-refractivity contribution is 5.89. The number of benzene rings is 2. The fourth-order valence-electron chi connectivity index (χ4n) is 2.10. The first-order valence-electron chi connectivity index (χ1n) is 7.64. The number of carboxylic acids is 1. The summed E-state index contributed by atoms with van der Waals surface area (Å²) in [5.41, 5.74) is 1.59. The second-order valence-electron chi connectivity index (χ2n) is 5.09. The Hall–Kier alpha value is -3.02. The molecule has 0 saturated heterocycles. The minimum absolute atomic E-state index is 0.0615. The van der Waals surface area contributed by atoms with E-state index in [1.807, 2.05) is 25.1 Å². The number of aromatic carboxylic acids is 1. The number of para-hydroxylation sites is 2. The van der Waals surface area contributed by atoms with Crippen LogP contribution in [-0.4, -0.2) is 36.6 Å². The maximum absolute atomic E-state index is 12.0. The van der Waals surface area contributed by atoms with Gasteiger partial charge in [0.1, 0.15) is 12.4 Å². The molecule has 0 atom stereocenters. The summed E-state index contributed by atoms with van der Waals surface area (Å²) in [6.07, 6.45) is 0. The number of anilines is 2. The lowest BCUT2D eigenvalue weighted by Crippen LogP contribution is -2.21. The van der Waals surface area contributed by atoms with Crippen LogP contribution >= 0.6 is 0 Å². The first-order valence-corrected chi connectivity index (χ1v) is 7.64. The van der Waals surface area contributed by atoms with Crippen LogP contribution in [0.5, 0.6) is 5.75 Å². The number of ether oxygens (including phenoxy) is 1. The zero-order chi connectivity index (χ0) is 17.4. The Morgan fingerprint density at radius 3 is 2.62 bits per heavy atom. The maximum atomic E-state index is 12.0. The Balaban J connectivity index is 1.86. The summed E-state index contributed by atoms with van der Waals surface area (Å²) in [5, 5.41) is 15.0. The second-order valence-corrected chi connectivity index (χ2v) is 5.09. The van der Waals surface area contributed by atoms with Crippen molar-refractivity contribution in [3.8, 4) is 5.75 Å². The summed E-state index contributed by atoms with van der Waals surface area (Å²) in [6, 6.07) is 13.7. The lowest BCUT2D eigenvalue weighted by Gasteiger charge is -2.12. The molecule has 2 aromatic carbocycles. The van der Waals surface area contributed by atoms with E-state index in [9.17, 15) is 9.59 Å². The summed E-state index contributed by atoms with van der Waals surface area (Å²) < 4.78 is 5.56. The molecule has 0 aromatic heterocycles. The molecule has 0 unspecified atom stereocenters. The number of carbonyl (C=O) groups is 2. The largest absolute Gasteiger partial charge is 0.484 e. The van der Waals surface area contributed by atoms with Gasteiger partial charge in [0.25, 0.3) is 0 Å². The molecule has 0 fully saturated rings. The van der Waals surface area contributed by atoms with E-state index < -0.39 is 5.97 Å². The van der Waals surface area contributed by atoms with Gasteiger partial charge >= 0.3 is 5.97 Å². The van der Waals surface area contributed by atoms with Crippen LogP contribution in [0.1, 0.15) is 17.3 Å². The molecule has 6 nitrogen and oxygen atoms in total. The minimum atomic E-state index is -1.01. The molecule has 0 spiro atoms. The molecule has 0 aliphatic heterocycles. The van der Waals surface area contributed by atoms with Gasteiger partial charge in [0.2, 0.25) is 0 Å². The lowest BCUT2D eigenvalue weighted by atomic mass is 10.2. The standard InChI is InChI=1S/C18H20N2O4/c1-2-19-16-8-3-4-9-17(16)24-12-15(21)11-20-14-7-5-6-13(10-14)18(22)23/h3-10,19-20H,2,11-12H2,1H3,(H,22,23). The molecule has 126 valence electrons. The Morgan fingerprint density at radius 2 is 1.88 bits per heavy atom. The molecule has 0 heterocycles. The third-order valence-electron chi connectivity index (χ3n) is 3.24. The van der Waals surface area contributed by atoms with E-state index in [2.05, 4.69) is 10.6 Å². The Labute approximate surface area is 140 Å². The van der Waals surface area contributed by atoms with Crippen LogP contribution in [0.4, 0.5) is 11.4 Å². The van der Waals surface area contributed by atoms with Crippen molar-refractivity contribution in [2.75, 3.05) is 30.3 Å².